The molecule has 1 aliphatic carbocycles. The van der Waals surface area contributed by atoms with Gasteiger partial charge in [0.2, 0.25) is 0 Å². The molecule has 0 heterocycles. The topological polar surface area (TPSA) is 127 Å². The fraction of sp³-hybridized carbons (Fsp3) is 0.178. The Hall–Kier alpha value is -5.63. The fourth-order valence-electron chi connectivity index (χ4n) is 6.75. The van der Waals surface area contributed by atoms with E-state index in [2.05, 4.69) is 70.2 Å². The van der Waals surface area contributed by atoms with Crippen LogP contribution in [0.3, 0.4) is 0 Å². The average Bonchev–Trinajstić information content (AvgIpc) is 3.22. The minimum atomic E-state index is -4.32. The third kappa shape index (κ3) is 10.2. The van der Waals surface area contributed by atoms with E-state index in [9.17, 15) is 25.9 Å². The third-order valence-corrected chi connectivity index (χ3v) is 11.3. The Balaban J connectivity index is 1.36. The molecule has 0 atom stereocenters. The third-order valence-electron chi connectivity index (χ3n) is 9.58. The summed E-state index contributed by atoms with van der Waals surface area (Å²) in [6, 6.07) is 39.1. The number of para-hydroxylation sites is 1. The molecule has 0 saturated carbocycles. The second-order valence-electron chi connectivity index (χ2n) is 13.3. The molecule has 0 amide bonds. The first-order valence-corrected chi connectivity index (χ1v) is 21.5. The van der Waals surface area contributed by atoms with E-state index >= 15 is 0 Å². The van der Waals surface area contributed by atoms with Crippen LogP contribution in [0, 0.1) is 0 Å². The minimum absolute atomic E-state index is 0.135. The lowest BCUT2D eigenvalue weighted by atomic mass is 9.90. The first kappa shape index (κ1) is 41.0. The molecular formula is C45H46N3O7S2+. The van der Waals surface area contributed by atoms with Crippen molar-refractivity contribution in [2.75, 3.05) is 29.7 Å². The number of hydrogen-bond acceptors (Lipinski definition) is 7. The summed E-state index contributed by atoms with van der Waals surface area (Å²) in [5.41, 5.74) is 9.20. The van der Waals surface area contributed by atoms with Crippen molar-refractivity contribution < 1.29 is 35.4 Å². The van der Waals surface area contributed by atoms with Crippen molar-refractivity contribution in [1.82, 2.24) is 0 Å². The average molecular weight is 805 g/mol. The van der Waals surface area contributed by atoms with Crippen LogP contribution in [0.4, 0.5) is 17.1 Å². The Kier molecular flexibility index (Phi) is 13.0. The van der Waals surface area contributed by atoms with Crippen LogP contribution in [0.25, 0.3) is 5.57 Å². The molecule has 12 heteroatoms. The second-order valence-corrected chi connectivity index (χ2v) is 16.2. The summed E-state index contributed by atoms with van der Waals surface area (Å²) in [5, 5.41) is 1.82. The summed E-state index contributed by atoms with van der Waals surface area (Å²) in [7, 11) is -8.63. The first-order chi connectivity index (χ1) is 27.4. The Morgan fingerprint density at radius 3 is 1.67 bits per heavy atom. The summed E-state index contributed by atoms with van der Waals surface area (Å²) in [5.74, 6) is 0. The van der Waals surface area contributed by atoms with Gasteiger partial charge in [-0.05, 0) is 121 Å². The zero-order valence-electron chi connectivity index (χ0n) is 32.1. The zero-order chi connectivity index (χ0) is 40.6. The number of rotatable bonds is 15. The largest absolute Gasteiger partial charge is 0.367 e. The number of hydrogen-bond donors (Lipinski definition) is 2. The van der Waals surface area contributed by atoms with Gasteiger partial charge >= 0.3 is 0 Å². The van der Waals surface area contributed by atoms with Crippen LogP contribution in [0.2, 0.25) is 0 Å². The van der Waals surface area contributed by atoms with Crippen LogP contribution in [0.15, 0.2) is 167 Å². The Morgan fingerprint density at radius 1 is 0.614 bits per heavy atom. The van der Waals surface area contributed by atoms with Gasteiger partial charge in [0.05, 0.1) is 27.8 Å². The zero-order valence-corrected chi connectivity index (χ0v) is 33.7. The smallest absolute Gasteiger partial charge is 0.294 e. The van der Waals surface area contributed by atoms with Gasteiger partial charge in [-0.1, -0.05) is 66.7 Å². The highest BCUT2D eigenvalue weighted by Gasteiger charge is 2.19. The molecule has 0 radical (unpaired) electrons. The molecule has 1 aliphatic rings. The quantitative estimate of drug-likeness (QED) is 0.0606. The predicted molar refractivity (Wildman–Crippen MR) is 226 cm³/mol. The van der Waals surface area contributed by atoms with E-state index in [1.807, 2.05) is 80.4 Å². The van der Waals surface area contributed by atoms with Gasteiger partial charge in [0, 0.05) is 36.5 Å². The standard InChI is InChI=1S/C45H45N3O7S2/c1-4-46(32-34-12-10-16-43(30-34)56(49,50)51)39-24-18-36(19-25-39)45(38-22-28-42(29-23-38)48(55-6-3)41-14-8-7-9-15-41)37-20-26-40(27-21-37)47(5-2)33-35-13-11-17-44(31-35)57(52,53)54/h7-31H,4-6,32-33H2,1-3H3,(H-,49,50,51,52,53,54)/p+1. The summed E-state index contributed by atoms with van der Waals surface area (Å²) >= 11 is 0. The van der Waals surface area contributed by atoms with Crippen molar-refractivity contribution in [3.8, 4) is 0 Å². The van der Waals surface area contributed by atoms with Crippen molar-refractivity contribution in [2.24, 2.45) is 0 Å². The van der Waals surface area contributed by atoms with Gasteiger partial charge in [-0.3, -0.25) is 13.9 Å². The maximum atomic E-state index is 11.8. The monoisotopic (exact) mass is 804 g/mol. The van der Waals surface area contributed by atoms with E-state index in [-0.39, 0.29) is 9.79 Å². The van der Waals surface area contributed by atoms with Crippen LogP contribution in [0.1, 0.15) is 43.0 Å². The molecule has 0 spiro atoms. The Morgan fingerprint density at radius 2 is 1.14 bits per heavy atom. The molecule has 5 aromatic rings. The molecule has 0 saturated heterocycles. The summed E-state index contributed by atoms with van der Waals surface area (Å²) in [6.07, 6.45) is 8.28. The van der Waals surface area contributed by atoms with Gasteiger partial charge in [-0.25, -0.2) is 9.64 Å². The lowest BCUT2D eigenvalue weighted by Gasteiger charge is -2.25. The van der Waals surface area contributed by atoms with Crippen molar-refractivity contribution in [3.63, 3.8) is 0 Å². The molecule has 10 nitrogen and oxygen atoms in total. The fourth-order valence-corrected chi connectivity index (χ4v) is 7.85. The highest BCUT2D eigenvalue weighted by atomic mass is 32.2. The van der Waals surface area contributed by atoms with Crippen LogP contribution >= 0.6 is 0 Å². The van der Waals surface area contributed by atoms with Crippen LogP contribution < -0.4 is 9.96 Å². The lowest BCUT2D eigenvalue weighted by molar-refractivity contribution is -0.539. The van der Waals surface area contributed by atoms with Gasteiger partial charge in [0.15, 0.2) is 12.3 Å². The van der Waals surface area contributed by atoms with Crippen molar-refractivity contribution in [1.29, 1.82) is 0 Å². The molecule has 0 aromatic heterocycles. The molecule has 0 fully saturated rings. The van der Waals surface area contributed by atoms with Crippen molar-refractivity contribution in [2.45, 2.75) is 43.7 Å². The van der Waals surface area contributed by atoms with Gasteiger partial charge in [0.1, 0.15) is 6.54 Å². The first-order valence-electron chi connectivity index (χ1n) is 18.7. The van der Waals surface area contributed by atoms with Gasteiger partial charge < -0.3 is 4.90 Å². The highest BCUT2D eigenvalue weighted by Crippen LogP contribution is 2.34. The number of benzene rings is 5. The summed E-state index contributed by atoms with van der Waals surface area (Å²) < 4.78 is 68.4. The van der Waals surface area contributed by atoms with E-state index in [4.69, 9.17) is 4.84 Å². The molecule has 6 rings (SSSR count). The molecule has 0 bridgehead atoms. The van der Waals surface area contributed by atoms with E-state index in [0.29, 0.717) is 32.8 Å². The van der Waals surface area contributed by atoms with Gasteiger partial charge in [-0.15, -0.1) is 0 Å². The van der Waals surface area contributed by atoms with Gasteiger partial charge in [0.25, 0.3) is 20.2 Å². The summed E-state index contributed by atoms with van der Waals surface area (Å²) in [6.45, 7) is 8.75. The predicted octanol–water partition coefficient (Wildman–Crippen LogP) is 8.90. The summed E-state index contributed by atoms with van der Waals surface area (Å²) in [4.78, 5) is 7.90. The number of nitrogens with zero attached hydrogens (tertiary/aromatic N) is 3. The lowest BCUT2D eigenvalue weighted by Crippen LogP contribution is -2.22. The SMILES string of the molecule is CCON(c1ccccc1)c1ccc(C(=C2C=CC(=[N+](CC)Cc3cccc(S(=O)(=O)O)c3)C=C2)c2ccc(N(CC)Cc3cccc(S(=O)(=O)O)c3)cc2)cc1. The molecule has 0 unspecified atom stereocenters. The van der Waals surface area contributed by atoms with Crippen LogP contribution in [-0.2, 0) is 38.2 Å². The highest BCUT2D eigenvalue weighted by molar-refractivity contribution is 7.86. The van der Waals surface area contributed by atoms with Crippen LogP contribution in [0.5, 0.6) is 0 Å². The number of allylic oxidation sites excluding steroid dienone is 5. The molecular weight excluding hydrogens is 759 g/mol. The molecule has 2 N–H and O–H groups in total. The van der Waals surface area contributed by atoms with E-state index in [0.717, 1.165) is 56.2 Å². The van der Waals surface area contributed by atoms with E-state index in [1.54, 1.807) is 12.1 Å². The normalized spacial score (nSPS) is 12.8. The Bertz CT molecular complexity index is 2530. The molecule has 294 valence electrons. The van der Waals surface area contributed by atoms with E-state index < -0.39 is 20.2 Å². The number of anilines is 3. The maximum absolute atomic E-state index is 11.8. The van der Waals surface area contributed by atoms with Crippen LogP contribution in [-0.4, -0.2) is 55.9 Å². The second kappa shape index (κ2) is 18.1. The Labute approximate surface area is 335 Å². The van der Waals surface area contributed by atoms with Crippen molar-refractivity contribution >= 4 is 48.6 Å². The minimum Gasteiger partial charge on any atom is -0.367 e. The molecule has 5 aromatic carbocycles. The maximum Gasteiger partial charge on any atom is 0.294 e. The molecule has 0 aliphatic heterocycles. The molecule has 57 heavy (non-hydrogen) atoms. The van der Waals surface area contributed by atoms with Gasteiger partial charge in [-0.2, -0.15) is 16.8 Å². The van der Waals surface area contributed by atoms with E-state index in [1.165, 1.54) is 24.3 Å². The van der Waals surface area contributed by atoms with Crippen molar-refractivity contribution in [3.05, 3.63) is 180 Å².